The second-order valence-electron chi connectivity index (χ2n) is 5.62. The van der Waals surface area contributed by atoms with Crippen molar-refractivity contribution in [2.45, 2.75) is 12.3 Å². The van der Waals surface area contributed by atoms with Crippen molar-refractivity contribution < 1.29 is 0 Å². The number of rotatable bonds is 2. The number of anilines is 1. The predicted octanol–water partition coefficient (Wildman–Crippen LogP) is 3.67. The number of nitrogens with zero attached hydrogens (tertiary/aromatic N) is 4. The lowest BCUT2D eigenvalue weighted by molar-refractivity contribution is 0.768. The molecule has 1 saturated heterocycles. The zero-order valence-corrected chi connectivity index (χ0v) is 12.7. The molecular weight excluding hydrogens is 296 g/mol. The fourth-order valence-electron chi connectivity index (χ4n) is 3.12. The second-order valence-corrected chi connectivity index (χ2v) is 6.05. The van der Waals surface area contributed by atoms with Crippen LogP contribution in [0.3, 0.4) is 0 Å². The average Bonchev–Trinajstić information content (AvgIpc) is 3.04. The molecule has 1 aliphatic heterocycles. The van der Waals surface area contributed by atoms with Gasteiger partial charge in [0.1, 0.15) is 0 Å². The van der Waals surface area contributed by atoms with E-state index in [1.807, 2.05) is 36.7 Å². The Morgan fingerprint density at radius 3 is 3.00 bits per heavy atom. The Morgan fingerprint density at radius 1 is 1.18 bits per heavy atom. The van der Waals surface area contributed by atoms with E-state index in [9.17, 15) is 0 Å². The summed E-state index contributed by atoms with van der Waals surface area (Å²) >= 11 is 6.07. The molecule has 0 aliphatic carbocycles. The molecule has 2 aromatic heterocycles. The fourth-order valence-corrected chi connectivity index (χ4v) is 3.30. The summed E-state index contributed by atoms with van der Waals surface area (Å²) in [6.45, 7) is 1.93. The van der Waals surface area contributed by atoms with Gasteiger partial charge < -0.3 is 4.90 Å². The summed E-state index contributed by atoms with van der Waals surface area (Å²) in [5.74, 6) is 1.44. The van der Waals surface area contributed by atoms with Crippen LogP contribution >= 0.6 is 11.6 Å². The zero-order chi connectivity index (χ0) is 14.9. The van der Waals surface area contributed by atoms with Crippen molar-refractivity contribution in [3.05, 3.63) is 59.5 Å². The van der Waals surface area contributed by atoms with Gasteiger partial charge in [-0.1, -0.05) is 17.7 Å². The maximum Gasteiger partial charge on any atom is 0.159 e. The lowest BCUT2D eigenvalue weighted by Crippen LogP contribution is -2.21. The molecule has 1 unspecified atom stereocenters. The van der Waals surface area contributed by atoms with Crippen LogP contribution < -0.4 is 4.90 Å². The fraction of sp³-hybridized carbons (Fsp3) is 0.235. The van der Waals surface area contributed by atoms with Gasteiger partial charge in [0.25, 0.3) is 0 Å². The Balaban J connectivity index is 1.66. The first-order valence-electron chi connectivity index (χ1n) is 7.37. The number of fused-ring (bicyclic) bond motifs is 1. The van der Waals surface area contributed by atoms with Crippen molar-refractivity contribution in [1.82, 2.24) is 15.2 Å². The van der Waals surface area contributed by atoms with Crippen molar-refractivity contribution in [2.24, 2.45) is 0 Å². The van der Waals surface area contributed by atoms with E-state index in [0.29, 0.717) is 5.92 Å². The third-order valence-corrected chi connectivity index (χ3v) is 4.48. The van der Waals surface area contributed by atoms with E-state index in [1.54, 1.807) is 6.20 Å². The maximum atomic E-state index is 6.07. The number of aromatic nitrogens is 3. The third kappa shape index (κ3) is 2.40. The highest BCUT2D eigenvalue weighted by atomic mass is 35.5. The quantitative estimate of drug-likeness (QED) is 0.724. The van der Waals surface area contributed by atoms with E-state index in [-0.39, 0.29) is 0 Å². The molecule has 4 rings (SSSR count). The van der Waals surface area contributed by atoms with E-state index < -0.39 is 0 Å². The minimum Gasteiger partial charge on any atom is -0.354 e. The summed E-state index contributed by atoms with van der Waals surface area (Å²) in [5, 5.41) is 11.4. The summed E-state index contributed by atoms with van der Waals surface area (Å²) in [5.41, 5.74) is 1.29. The van der Waals surface area contributed by atoms with Gasteiger partial charge in [0.2, 0.25) is 0 Å². The minimum absolute atomic E-state index is 0.498. The predicted molar refractivity (Wildman–Crippen MR) is 88.4 cm³/mol. The molecule has 3 aromatic rings. The lowest BCUT2D eigenvalue weighted by atomic mass is 10.0. The van der Waals surface area contributed by atoms with Crippen LogP contribution in [0.15, 0.2) is 48.9 Å². The molecule has 0 spiro atoms. The van der Waals surface area contributed by atoms with Gasteiger partial charge in [0, 0.05) is 47.2 Å². The number of halogens is 1. The average molecular weight is 311 g/mol. The summed E-state index contributed by atoms with van der Waals surface area (Å²) < 4.78 is 0. The number of benzene rings is 1. The summed E-state index contributed by atoms with van der Waals surface area (Å²) in [7, 11) is 0. The van der Waals surface area contributed by atoms with E-state index >= 15 is 0 Å². The molecule has 22 heavy (non-hydrogen) atoms. The van der Waals surface area contributed by atoms with Gasteiger partial charge in [0.15, 0.2) is 5.82 Å². The van der Waals surface area contributed by atoms with Gasteiger partial charge >= 0.3 is 0 Å². The van der Waals surface area contributed by atoms with Crippen LogP contribution in [-0.2, 0) is 0 Å². The molecule has 4 nitrogen and oxygen atoms in total. The molecule has 1 aliphatic rings. The number of hydrogen-bond donors (Lipinski definition) is 0. The Bertz CT molecular complexity index is 806. The van der Waals surface area contributed by atoms with Crippen molar-refractivity contribution >= 4 is 28.2 Å². The third-order valence-electron chi connectivity index (χ3n) is 4.25. The first-order valence-corrected chi connectivity index (χ1v) is 7.75. The standard InChI is InChI=1S/C17H15ClN4/c18-15-3-4-16-14(8-15)10-20-21-17(16)22-7-5-13(11-22)12-2-1-6-19-9-12/h1-4,6,8-10,13H,5,7,11H2. The lowest BCUT2D eigenvalue weighted by Gasteiger charge is -2.18. The molecule has 0 radical (unpaired) electrons. The molecule has 0 amide bonds. The molecule has 5 heteroatoms. The Hall–Kier alpha value is -2.20. The highest BCUT2D eigenvalue weighted by Gasteiger charge is 2.26. The molecule has 1 atom stereocenters. The van der Waals surface area contributed by atoms with Gasteiger partial charge in [-0.3, -0.25) is 4.98 Å². The minimum atomic E-state index is 0.498. The monoisotopic (exact) mass is 310 g/mol. The van der Waals surface area contributed by atoms with Gasteiger partial charge in [0.05, 0.1) is 6.20 Å². The van der Waals surface area contributed by atoms with Crippen molar-refractivity contribution in [1.29, 1.82) is 0 Å². The molecule has 1 fully saturated rings. The Morgan fingerprint density at radius 2 is 2.14 bits per heavy atom. The second kappa shape index (κ2) is 5.54. The van der Waals surface area contributed by atoms with Crippen molar-refractivity contribution in [2.75, 3.05) is 18.0 Å². The number of hydrogen-bond acceptors (Lipinski definition) is 4. The molecule has 0 saturated carbocycles. The normalized spacial score (nSPS) is 18.0. The smallest absolute Gasteiger partial charge is 0.159 e. The molecular formula is C17H15ClN4. The SMILES string of the molecule is Clc1ccc2c(N3CCC(c4cccnc4)C3)nncc2c1. The van der Waals surface area contributed by atoms with Crippen LogP contribution in [-0.4, -0.2) is 28.3 Å². The van der Waals surface area contributed by atoms with Crippen LogP contribution in [0, 0.1) is 0 Å². The Labute approximate surface area is 133 Å². The first-order chi connectivity index (χ1) is 10.8. The van der Waals surface area contributed by atoms with Crippen LogP contribution in [0.1, 0.15) is 17.9 Å². The maximum absolute atomic E-state index is 6.07. The first kappa shape index (κ1) is 13.5. The molecule has 110 valence electrons. The van der Waals surface area contributed by atoms with Gasteiger partial charge in [-0.05, 0) is 36.2 Å². The van der Waals surface area contributed by atoms with E-state index in [0.717, 1.165) is 41.1 Å². The van der Waals surface area contributed by atoms with E-state index in [2.05, 4.69) is 26.1 Å². The molecule has 3 heterocycles. The van der Waals surface area contributed by atoms with Crippen molar-refractivity contribution in [3.63, 3.8) is 0 Å². The summed E-state index contributed by atoms with van der Waals surface area (Å²) in [6, 6.07) is 10.0. The highest BCUT2D eigenvalue weighted by Crippen LogP contribution is 2.33. The van der Waals surface area contributed by atoms with Gasteiger partial charge in [-0.25, -0.2) is 0 Å². The topological polar surface area (TPSA) is 41.9 Å². The molecule has 0 N–H and O–H groups in total. The van der Waals surface area contributed by atoms with E-state index in [1.165, 1.54) is 5.56 Å². The van der Waals surface area contributed by atoms with Gasteiger partial charge in [-0.2, -0.15) is 5.10 Å². The summed E-state index contributed by atoms with van der Waals surface area (Å²) in [4.78, 5) is 6.53. The number of pyridine rings is 1. The van der Waals surface area contributed by atoms with Crippen LogP contribution in [0.4, 0.5) is 5.82 Å². The van der Waals surface area contributed by atoms with Crippen LogP contribution in [0.5, 0.6) is 0 Å². The van der Waals surface area contributed by atoms with Crippen molar-refractivity contribution in [3.8, 4) is 0 Å². The van der Waals surface area contributed by atoms with Gasteiger partial charge in [-0.15, -0.1) is 5.10 Å². The van der Waals surface area contributed by atoms with Crippen LogP contribution in [0.2, 0.25) is 5.02 Å². The largest absolute Gasteiger partial charge is 0.354 e. The Kier molecular flexibility index (Phi) is 3.39. The van der Waals surface area contributed by atoms with E-state index in [4.69, 9.17) is 11.6 Å². The highest BCUT2D eigenvalue weighted by molar-refractivity contribution is 6.31. The molecule has 1 aromatic carbocycles. The zero-order valence-electron chi connectivity index (χ0n) is 12.0. The van der Waals surface area contributed by atoms with Crippen LogP contribution in [0.25, 0.3) is 10.8 Å². The summed E-state index contributed by atoms with van der Waals surface area (Å²) in [6.07, 6.45) is 6.65. The molecule has 0 bridgehead atoms.